The molecule has 1 aliphatic heterocycles. The van der Waals surface area contributed by atoms with Gasteiger partial charge in [0.15, 0.2) is 0 Å². The zero-order valence-electron chi connectivity index (χ0n) is 12.3. The molecule has 1 aromatic rings. The van der Waals surface area contributed by atoms with E-state index in [-0.39, 0.29) is 12.4 Å². The minimum atomic E-state index is 0. The second-order valence-electron chi connectivity index (χ2n) is 5.99. The van der Waals surface area contributed by atoms with Crippen molar-refractivity contribution < 1.29 is 0 Å². The fraction of sp³-hybridized carbons (Fsp3) is 0.800. The molecule has 0 radical (unpaired) electrons. The Hall–Kier alpha value is -0.160. The maximum atomic E-state index is 4.67. The van der Waals surface area contributed by atoms with Crippen molar-refractivity contribution in [3.63, 3.8) is 0 Å². The van der Waals surface area contributed by atoms with E-state index in [9.17, 15) is 0 Å². The lowest BCUT2D eigenvalue weighted by Crippen LogP contribution is -2.42. The zero-order chi connectivity index (χ0) is 13.1. The van der Waals surface area contributed by atoms with Gasteiger partial charge in [0.2, 0.25) is 0 Å². The molecule has 0 amide bonds. The van der Waals surface area contributed by atoms with Crippen molar-refractivity contribution in [2.45, 2.75) is 51.6 Å². The summed E-state index contributed by atoms with van der Waals surface area (Å²) in [4.78, 5) is 7.23. The number of rotatable bonds is 6. The van der Waals surface area contributed by atoms with E-state index < -0.39 is 0 Å². The molecule has 20 heavy (non-hydrogen) atoms. The van der Waals surface area contributed by atoms with E-state index in [1.165, 1.54) is 56.0 Å². The molecular formula is C15H26ClN3S. The number of aromatic nitrogens is 1. The van der Waals surface area contributed by atoms with Crippen LogP contribution >= 0.6 is 23.7 Å². The van der Waals surface area contributed by atoms with E-state index in [0.717, 1.165) is 24.9 Å². The summed E-state index contributed by atoms with van der Waals surface area (Å²) in [6.07, 6.45) is 6.58. The molecule has 1 aromatic heterocycles. The van der Waals surface area contributed by atoms with Crippen molar-refractivity contribution in [3.05, 3.63) is 16.1 Å². The molecule has 3 nitrogen and oxygen atoms in total. The third-order valence-electron chi connectivity index (χ3n) is 4.27. The second kappa shape index (κ2) is 7.74. The molecule has 5 heteroatoms. The zero-order valence-corrected chi connectivity index (χ0v) is 13.9. The normalized spacial score (nSPS) is 20.9. The predicted octanol–water partition coefficient (Wildman–Crippen LogP) is 3.09. The Labute approximate surface area is 132 Å². The van der Waals surface area contributed by atoms with Gasteiger partial charge in [0.25, 0.3) is 0 Å². The van der Waals surface area contributed by atoms with Crippen molar-refractivity contribution in [2.75, 3.05) is 19.6 Å². The predicted molar refractivity (Wildman–Crippen MR) is 87.8 cm³/mol. The SMILES string of the molecule is CCc1nc(CN2CCC(NCC3CC3)CC2)cs1.Cl. The van der Waals surface area contributed by atoms with E-state index >= 15 is 0 Å². The molecular weight excluding hydrogens is 290 g/mol. The van der Waals surface area contributed by atoms with Gasteiger partial charge in [-0.05, 0) is 44.6 Å². The van der Waals surface area contributed by atoms with Crippen LogP contribution in [0, 0.1) is 5.92 Å². The van der Waals surface area contributed by atoms with Crippen molar-refractivity contribution >= 4 is 23.7 Å². The number of piperidine rings is 1. The van der Waals surface area contributed by atoms with Gasteiger partial charge in [-0.15, -0.1) is 23.7 Å². The third-order valence-corrected chi connectivity index (χ3v) is 5.31. The molecule has 2 heterocycles. The lowest BCUT2D eigenvalue weighted by molar-refractivity contribution is 0.188. The summed E-state index contributed by atoms with van der Waals surface area (Å²) in [7, 11) is 0. The summed E-state index contributed by atoms with van der Waals surface area (Å²) in [5, 5.41) is 7.25. The number of halogens is 1. The van der Waals surface area contributed by atoms with E-state index in [2.05, 4.69) is 27.5 Å². The molecule has 1 aliphatic carbocycles. The molecule has 0 bridgehead atoms. The van der Waals surface area contributed by atoms with Gasteiger partial charge in [-0.1, -0.05) is 6.92 Å². The number of likely N-dealkylation sites (tertiary alicyclic amines) is 1. The maximum Gasteiger partial charge on any atom is 0.0926 e. The van der Waals surface area contributed by atoms with Gasteiger partial charge in [0.05, 0.1) is 10.7 Å². The second-order valence-corrected chi connectivity index (χ2v) is 6.93. The van der Waals surface area contributed by atoms with E-state index in [0.29, 0.717) is 0 Å². The molecule has 2 fully saturated rings. The van der Waals surface area contributed by atoms with Crippen molar-refractivity contribution in [1.82, 2.24) is 15.2 Å². The van der Waals surface area contributed by atoms with Gasteiger partial charge in [0.1, 0.15) is 0 Å². The number of thiazole rings is 1. The molecule has 1 N–H and O–H groups in total. The van der Waals surface area contributed by atoms with E-state index in [1.54, 1.807) is 11.3 Å². The van der Waals surface area contributed by atoms with E-state index in [1.807, 2.05) is 0 Å². The topological polar surface area (TPSA) is 28.2 Å². The average molecular weight is 316 g/mol. The first-order valence-corrected chi connectivity index (χ1v) is 8.60. The van der Waals surface area contributed by atoms with Crippen molar-refractivity contribution in [3.8, 4) is 0 Å². The van der Waals surface area contributed by atoms with Crippen LogP contribution in [0.1, 0.15) is 43.3 Å². The summed E-state index contributed by atoms with van der Waals surface area (Å²) in [5.41, 5.74) is 1.27. The minimum Gasteiger partial charge on any atom is -0.314 e. The molecule has 2 aliphatic rings. The largest absolute Gasteiger partial charge is 0.314 e. The fourth-order valence-electron chi connectivity index (χ4n) is 2.76. The Morgan fingerprint density at radius 3 is 2.65 bits per heavy atom. The summed E-state index contributed by atoms with van der Waals surface area (Å²) >= 11 is 1.81. The standard InChI is InChI=1S/C15H25N3S.ClH/c1-2-15-17-14(11-19-15)10-18-7-5-13(6-8-18)16-9-12-3-4-12;/h11-13,16H,2-10H2,1H3;1H. The Morgan fingerprint density at radius 1 is 1.30 bits per heavy atom. The van der Waals surface area contributed by atoms with Gasteiger partial charge in [0, 0.05) is 31.1 Å². The van der Waals surface area contributed by atoms with Crippen LogP contribution in [-0.4, -0.2) is 35.6 Å². The average Bonchev–Trinajstić information content (AvgIpc) is 3.17. The van der Waals surface area contributed by atoms with Crippen LogP contribution in [0.4, 0.5) is 0 Å². The molecule has 0 atom stereocenters. The van der Waals surface area contributed by atoms with Crippen molar-refractivity contribution in [2.24, 2.45) is 5.92 Å². The lowest BCUT2D eigenvalue weighted by Gasteiger charge is -2.32. The first-order valence-electron chi connectivity index (χ1n) is 7.72. The van der Waals surface area contributed by atoms with Gasteiger partial charge in [-0.2, -0.15) is 0 Å². The first kappa shape index (κ1) is 16.2. The Bertz CT molecular complexity index is 398. The highest BCUT2D eigenvalue weighted by molar-refractivity contribution is 7.09. The maximum absolute atomic E-state index is 4.67. The Kier molecular flexibility index (Phi) is 6.27. The van der Waals surface area contributed by atoms with Crippen LogP contribution in [0.25, 0.3) is 0 Å². The number of nitrogens with one attached hydrogen (secondary N) is 1. The monoisotopic (exact) mass is 315 g/mol. The molecule has 3 rings (SSSR count). The van der Waals surface area contributed by atoms with Crippen LogP contribution in [0.5, 0.6) is 0 Å². The van der Waals surface area contributed by atoms with Crippen LogP contribution in [0.3, 0.4) is 0 Å². The lowest BCUT2D eigenvalue weighted by atomic mass is 10.0. The highest BCUT2D eigenvalue weighted by atomic mass is 35.5. The third kappa shape index (κ3) is 4.69. The minimum absolute atomic E-state index is 0. The molecule has 114 valence electrons. The first-order chi connectivity index (χ1) is 9.33. The number of hydrogen-bond donors (Lipinski definition) is 1. The van der Waals surface area contributed by atoms with Crippen LogP contribution < -0.4 is 5.32 Å². The summed E-state index contributed by atoms with van der Waals surface area (Å²) in [6.45, 7) is 6.94. The summed E-state index contributed by atoms with van der Waals surface area (Å²) < 4.78 is 0. The smallest absolute Gasteiger partial charge is 0.0926 e. The molecule has 0 spiro atoms. The fourth-order valence-corrected chi connectivity index (χ4v) is 3.50. The van der Waals surface area contributed by atoms with Gasteiger partial charge < -0.3 is 5.32 Å². The number of hydrogen-bond acceptors (Lipinski definition) is 4. The van der Waals surface area contributed by atoms with Crippen LogP contribution in [0.2, 0.25) is 0 Å². The van der Waals surface area contributed by atoms with E-state index in [4.69, 9.17) is 0 Å². The van der Waals surface area contributed by atoms with Crippen LogP contribution in [-0.2, 0) is 13.0 Å². The number of nitrogens with zero attached hydrogens (tertiary/aromatic N) is 2. The van der Waals surface area contributed by atoms with Crippen LogP contribution in [0.15, 0.2) is 5.38 Å². The number of aryl methyl sites for hydroxylation is 1. The highest BCUT2D eigenvalue weighted by Gasteiger charge is 2.24. The summed E-state index contributed by atoms with van der Waals surface area (Å²) in [5.74, 6) is 1.00. The highest BCUT2D eigenvalue weighted by Crippen LogP contribution is 2.28. The molecule has 1 saturated heterocycles. The van der Waals surface area contributed by atoms with Gasteiger partial charge in [-0.25, -0.2) is 4.98 Å². The molecule has 0 unspecified atom stereocenters. The quantitative estimate of drug-likeness (QED) is 0.874. The molecule has 0 aromatic carbocycles. The molecule has 1 saturated carbocycles. The Balaban J connectivity index is 0.00000147. The van der Waals surface area contributed by atoms with Gasteiger partial charge in [-0.3, -0.25) is 4.90 Å². The van der Waals surface area contributed by atoms with Gasteiger partial charge >= 0.3 is 0 Å². The summed E-state index contributed by atoms with van der Waals surface area (Å²) in [6, 6.07) is 0.762. The Morgan fingerprint density at radius 2 is 2.05 bits per heavy atom. The van der Waals surface area contributed by atoms with Crippen molar-refractivity contribution in [1.29, 1.82) is 0 Å².